The van der Waals surface area contributed by atoms with Gasteiger partial charge < -0.3 is 15.5 Å². The highest BCUT2D eigenvalue weighted by Crippen LogP contribution is 2.26. The van der Waals surface area contributed by atoms with Crippen molar-refractivity contribution in [3.8, 4) is 0 Å². The molecule has 158 valence electrons. The van der Waals surface area contributed by atoms with Crippen LogP contribution in [0.1, 0.15) is 52.4 Å². The number of aliphatic imine (C=N–C) groups is 1. The van der Waals surface area contributed by atoms with E-state index in [1.54, 1.807) is 0 Å². The zero-order valence-electron chi connectivity index (χ0n) is 17.5. The van der Waals surface area contributed by atoms with Crippen LogP contribution in [0, 0.1) is 11.8 Å². The van der Waals surface area contributed by atoms with Crippen LogP contribution >= 0.6 is 24.0 Å². The van der Waals surface area contributed by atoms with E-state index in [1.165, 1.54) is 25.7 Å². The molecule has 6 nitrogen and oxygen atoms in total. The maximum atomic E-state index is 12.5. The zero-order valence-corrected chi connectivity index (χ0v) is 19.8. The lowest BCUT2D eigenvalue weighted by Crippen LogP contribution is -2.52. The van der Waals surface area contributed by atoms with Crippen LogP contribution in [0.3, 0.4) is 0 Å². The van der Waals surface area contributed by atoms with Crippen molar-refractivity contribution in [1.82, 2.24) is 20.4 Å². The summed E-state index contributed by atoms with van der Waals surface area (Å²) in [4.78, 5) is 21.3. The van der Waals surface area contributed by atoms with Gasteiger partial charge in [0.25, 0.3) is 0 Å². The van der Waals surface area contributed by atoms with Crippen molar-refractivity contribution in [1.29, 1.82) is 0 Å². The number of amides is 1. The lowest BCUT2D eigenvalue weighted by molar-refractivity contribution is -0.137. The Labute approximate surface area is 182 Å². The summed E-state index contributed by atoms with van der Waals surface area (Å²) in [6.45, 7) is 11.1. The summed E-state index contributed by atoms with van der Waals surface area (Å²) in [5.74, 6) is 2.32. The van der Waals surface area contributed by atoms with Crippen LogP contribution in [0.4, 0.5) is 0 Å². The predicted molar refractivity (Wildman–Crippen MR) is 124 cm³/mol. The van der Waals surface area contributed by atoms with E-state index in [1.807, 2.05) is 7.05 Å². The van der Waals surface area contributed by atoms with Gasteiger partial charge in [-0.2, -0.15) is 0 Å². The number of carbonyl (C=O) groups is 1. The van der Waals surface area contributed by atoms with Gasteiger partial charge in [-0.05, 0) is 18.8 Å². The average Bonchev–Trinajstić information content (AvgIpc) is 3.22. The van der Waals surface area contributed by atoms with Crippen molar-refractivity contribution < 1.29 is 4.79 Å². The van der Waals surface area contributed by atoms with E-state index in [4.69, 9.17) is 0 Å². The summed E-state index contributed by atoms with van der Waals surface area (Å²) in [5, 5.41) is 6.85. The van der Waals surface area contributed by atoms with E-state index >= 15 is 0 Å². The van der Waals surface area contributed by atoms with Crippen LogP contribution in [-0.4, -0.2) is 74.5 Å². The standard InChI is InChI=1S/C20H39N5O.HI/c1-4-17(5-2)16-23-20(21-3)22-10-11-24-12-14-25(15-13-24)19(26)18-8-6-7-9-18;/h17-18H,4-16H2,1-3H3,(H2,21,22,23);1H. The summed E-state index contributed by atoms with van der Waals surface area (Å²) < 4.78 is 0. The molecule has 0 radical (unpaired) electrons. The van der Waals surface area contributed by atoms with Crippen LogP contribution < -0.4 is 10.6 Å². The molecule has 7 heteroatoms. The zero-order chi connectivity index (χ0) is 18.8. The number of nitrogens with one attached hydrogen (secondary N) is 2. The summed E-state index contributed by atoms with van der Waals surface area (Å²) in [6, 6.07) is 0. The lowest BCUT2D eigenvalue weighted by Gasteiger charge is -2.36. The fourth-order valence-electron chi connectivity index (χ4n) is 3.99. The van der Waals surface area contributed by atoms with Gasteiger partial charge in [-0.3, -0.25) is 14.7 Å². The van der Waals surface area contributed by atoms with E-state index in [9.17, 15) is 4.79 Å². The van der Waals surface area contributed by atoms with Crippen LogP contribution in [-0.2, 0) is 4.79 Å². The Hall–Kier alpha value is -0.570. The highest BCUT2D eigenvalue weighted by Gasteiger charge is 2.29. The van der Waals surface area contributed by atoms with Gasteiger partial charge in [0.1, 0.15) is 0 Å². The van der Waals surface area contributed by atoms with E-state index < -0.39 is 0 Å². The minimum Gasteiger partial charge on any atom is -0.356 e. The first-order valence-corrected chi connectivity index (χ1v) is 10.6. The number of rotatable bonds is 8. The molecule has 0 aromatic rings. The molecule has 1 aliphatic carbocycles. The third-order valence-corrected chi connectivity index (χ3v) is 6.05. The summed E-state index contributed by atoms with van der Waals surface area (Å²) in [7, 11) is 1.83. The summed E-state index contributed by atoms with van der Waals surface area (Å²) in [5.41, 5.74) is 0. The summed E-state index contributed by atoms with van der Waals surface area (Å²) in [6.07, 6.45) is 7.07. The van der Waals surface area contributed by atoms with E-state index in [-0.39, 0.29) is 24.0 Å². The van der Waals surface area contributed by atoms with Gasteiger partial charge in [0.15, 0.2) is 5.96 Å². The molecular formula is C20H40IN5O. The smallest absolute Gasteiger partial charge is 0.225 e. The number of carbonyl (C=O) groups excluding carboxylic acids is 1. The molecule has 0 aromatic heterocycles. The number of halogens is 1. The first kappa shape index (κ1) is 24.5. The fraction of sp³-hybridized carbons (Fsp3) is 0.900. The number of nitrogens with zero attached hydrogens (tertiary/aromatic N) is 3. The van der Waals surface area contributed by atoms with Crippen LogP contribution in [0.15, 0.2) is 4.99 Å². The van der Waals surface area contributed by atoms with E-state index in [2.05, 4.69) is 39.3 Å². The minimum absolute atomic E-state index is 0. The molecule has 1 aliphatic heterocycles. The lowest BCUT2D eigenvalue weighted by atomic mass is 10.0. The van der Waals surface area contributed by atoms with Crippen molar-refractivity contribution in [2.24, 2.45) is 16.8 Å². The number of piperazine rings is 1. The van der Waals surface area contributed by atoms with Crippen molar-refractivity contribution in [3.05, 3.63) is 0 Å². The maximum Gasteiger partial charge on any atom is 0.225 e. The van der Waals surface area contributed by atoms with Gasteiger partial charge >= 0.3 is 0 Å². The van der Waals surface area contributed by atoms with Gasteiger partial charge in [0, 0.05) is 58.8 Å². The third kappa shape index (κ3) is 8.13. The van der Waals surface area contributed by atoms with Gasteiger partial charge in [0.05, 0.1) is 0 Å². The Morgan fingerprint density at radius 1 is 1.07 bits per heavy atom. The quantitative estimate of drug-likeness (QED) is 0.310. The van der Waals surface area contributed by atoms with E-state index in [0.717, 1.165) is 64.6 Å². The van der Waals surface area contributed by atoms with Crippen molar-refractivity contribution in [2.75, 3.05) is 52.9 Å². The molecule has 0 spiro atoms. The van der Waals surface area contributed by atoms with Gasteiger partial charge in [0.2, 0.25) is 5.91 Å². The van der Waals surface area contributed by atoms with Crippen LogP contribution in [0.5, 0.6) is 0 Å². The molecule has 0 aromatic carbocycles. The third-order valence-electron chi connectivity index (χ3n) is 6.05. The van der Waals surface area contributed by atoms with Crippen LogP contribution in [0.2, 0.25) is 0 Å². The maximum absolute atomic E-state index is 12.5. The molecule has 1 saturated heterocycles. The molecule has 2 fully saturated rings. The Balaban J connectivity index is 0.00000364. The van der Waals surface area contributed by atoms with E-state index in [0.29, 0.717) is 17.7 Å². The molecule has 1 heterocycles. The molecule has 1 saturated carbocycles. The largest absolute Gasteiger partial charge is 0.356 e. The topological polar surface area (TPSA) is 60.0 Å². The monoisotopic (exact) mass is 493 g/mol. The van der Waals surface area contributed by atoms with Gasteiger partial charge in [-0.25, -0.2) is 0 Å². The fourth-order valence-corrected chi connectivity index (χ4v) is 3.99. The Morgan fingerprint density at radius 2 is 1.70 bits per heavy atom. The molecule has 27 heavy (non-hydrogen) atoms. The second kappa shape index (κ2) is 13.6. The van der Waals surface area contributed by atoms with Crippen molar-refractivity contribution in [2.45, 2.75) is 52.4 Å². The predicted octanol–water partition coefficient (Wildman–Crippen LogP) is 2.54. The number of hydrogen-bond donors (Lipinski definition) is 2. The SMILES string of the molecule is CCC(CC)CNC(=NC)NCCN1CCN(C(=O)C2CCCC2)CC1.I. The second-order valence-corrected chi connectivity index (χ2v) is 7.71. The Bertz CT molecular complexity index is 442. The summed E-state index contributed by atoms with van der Waals surface area (Å²) >= 11 is 0. The van der Waals surface area contributed by atoms with Crippen molar-refractivity contribution >= 4 is 35.8 Å². The molecule has 1 amide bonds. The van der Waals surface area contributed by atoms with Crippen molar-refractivity contribution in [3.63, 3.8) is 0 Å². The first-order valence-electron chi connectivity index (χ1n) is 10.6. The molecule has 0 atom stereocenters. The molecular weight excluding hydrogens is 453 g/mol. The molecule has 2 aliphatic rings. The number of guanidine groups is 1. The van der Waals surface area contributed by atoms with Gasteiger partial charge in [-0.15, -0.1) is 24.0 Å². The number of hydrogen-bond acceptors (Lipinski definition) is 3. The van der Waals surface area contributed by atoms with Crippen LogP contribution in [0.25, 0.3) is 0 Å². The highest BCUT2D eigenvalue weighted by molar-refractivity contribution is 14.0. The molecule has 0 bridgehead atoms. The first-order chi connectivity index (χ1) is 12.7. The van der Waals surface area contributed by atoms with Gasteiger partial charge in [-0.1, -0.05) is 39.5 Å². The average molecular weight is 493 g/mol. The molecule has 2 N–H and O–H groups in total. The second-order valence-electron chi connectivity index (χ2n) is 7.71. The molecule has 2 rings (SSSR count). The Morgan fingerprint density at radius 3 is 2.26 bits per heavy atom. The molecule has 0 unspecified atom stereocenters. The minimum atomic E-state index is 0. The Kier molecular flexibility index (Phi) is 12.3. The highest BCUT2D eigenvalue weighted by atomic mass is 127. The normalized spacial score (nSPS) is 19.3.